The Morgan fingerprint density at radius 1 is 1.57 bits per heavy atom. The van der Waals surface area contributed by atoms with E-state index in [-0.39, 0.29) is 6.04 Å². The van der Waals surface area contributed by atoms with Gasteiger partial charge in [-0.3, -0.25) is 0 Å². The molecule has 0 aliphatic carbocycles. The van der Waals surface area contributed by atoms with Crippen molar-refractivity contribution in [2.45, 2.75) is 51.6 Å². The maximum atomic E-state index is 5.93. The highest BCUT2D eigenvalue weighted by molar-refractivity contribution is 5.03. The molecule has 0 saturated carbocycles. The number of hydrogen-bond acceptors (Lipinski definition) is 3. The summed E-state index contributed by atoms with van der Waals surface area (Å²) in [5.41, 5.74) is 5.93. The molecule has 1 aromatic rings. The Labute approximate surface area is 84.5 Å². The van der Waals surface area contributed by atoms with E-state index in [9.17, 15) is 0 Å². The van der Waals surface area contributed by atoms with Crippen molar-refractivity contribution < 1.29 is 0 Å². The van der Waals surface area contributed by atoms with E-state index in [1.165, 1.54) is 0 Å². The van der Waals surface area contributed by atoms with Crippen molar-refractivity contribution in [3.05, 3.63) is 11.6 Å². The minimum absolute atomic E-state index is 0.244. The van der Waals surface area contributed by atoms with Gasteiger partial charge in [0.05, 0.1) is 6.54 Å². The highest BCUT2D eigenvalue weighted by atomic mass is 15.4. The zero-order valence-corrected chi connectivity index (χ0v) is 8.90. The van der Waals surface area contributed by atoms with E-state index in [1.807, 2.05) is 4.68 Å². The zero-order valence-electron chi connectivity index (χ0n) is 8.90. The quantitative estimate of drug-likeness (QED) is 0.766. The van der Waals surface area contributed by atoms with Gasteiger partial charge in [-0.15, -0.1) is 0 Å². The minimum Gasteiger partial charge on any atom is -0.326 e. The number of aryl methyl sites for hydroxylation is 1. The Kier molecular flexibility index (Phi) is 2.54. The lowest BCUT2D eigenvalue weighted by molar-refractivity contribution is 0.381. The number of nitrogens with two attached hydrogens (primary N) is 1. The average molecular weight is 194 g/mol. The molecule has 0 spiro atoms. The van der Waals surface area contributed by atoms with Crippen molar-refractivity contribution in [2.75, 3.05) is 0 Å². The number of hydrogen-bond donors (Lipinski definition) is 1. The van der Waals surface area contributed by atoms with Gasteiger partial charge in [0.1, 0.15) is 5.82 Å². The van der Waals surface area contributed by atoms with Crippen molar-refractivity contribution in [3.8, 4) is 0 Å². The van der Waals surface area contributed by atoms with Gasteiger partial charge < -0.3 is 5.73 Å². The van der Waals surface area contributed by atoms with Crippen LogP contribution in [0, 0.1) is 0 Å². The van der Waals surface area contributed by atoms with Gasteiger partial charge in [-0.1, -0.05) is 13.8 Å². The summed E-state index contributed by atoms with van der Waals surface area (Å²) in [7, 11) is 0. The average Bonchev–Trinajstić information content (AvgIpc) is 2.48. The summed E-state index contributed by atoms with van der Waals surface area (Å²) in [5.74, 6) is 2.55. The van der Waals surface area contributed by atoms with Gasteiger partial charge >= 0.3 is 0 Å². The van der Waals surface area contributed by atoms with E-state index in [0.717, 1.165) is 37.5 Å². The van der Waals surface area contributed by atoms with Crippen LogP contribution in [0.5, 0.6) is 0 Å². The first-order chi connectivity index (χ1) is 6.70. The summed E-state index contributed by atoms with van der Waals surface area (Å²) in [4.78, 5) is 4.55. The third kappa shape index (κ3) is 1.66. The monoisotopic (exact) mass is 194 g/mol. The molecule has 2 atom stereocenters. The van der Waals surface area contributed by atoms with Crippen LogP contribution in [0.4, 0.5) is 0 Å². The van der Waals surface area contributed by atoms with Gasteiger partial charge in [-0.05, 0) is 12.8 Å². The first-order valence-electron chi connectivity index (χ1n) is 5.40. The third-order valence-electron chi connectivity index (χ3n) is 2.72. The number of fused-ring (bicyclic) bond motifs is 1. The largest absolute Gasteiger partial charge is 0.326 e. The van der Waals surface area contributed by atoms with Crippen molar-refractivity contribution in [3.63, 3.8) is 0 Å². The van der Waals surface area contributed by atoms with Crippen LogP contribution >= 0.6 is 0 Å². The van der Waals surface area contributed by atoms with Gasteiger partial charge in [-0.2, -0.15) is 5.10 Å². The van der Waals surface area contributed by atoms with Crippen LogP contribution in [0.25, 0.3) is 0 Å². The van der Waals surface area contributed by atoms with Gasteiger partial charge in [0.25, 0.3) is 0 Å². The molecule has 2 heterocycles. The number of aromatic nitrogens is 3. The summed E-state index contributed by atoms with van der Waals surface area (Å²) in [6, 6.07) is 0.244. The molecule has 1 aromatic heterocycles. The lowest BCUT2D eigenvalue weighted by atomic mass is 9.98. The summed E-state index contributed by atoms with van der Waals surface area (Å²) in [6.45, 7) is 5.15. The van der Waals surface area contributed by atoms with Gasteiger partial charge in [0.15, 0.2) is 5.82 Å². The van der Waals surface area contributed by atoms with E-state index in [4.69, 9.17) is 5.73 Å². The highest BCUT2D eigenvalue weighted by Crippen LogP contribution is 2.24. The molecule has 2 N–H and O–H groups in total. The summed E-state index contributed by atoms with van der Waals surface area (Å²) in [6.07, 6.45) is 3.11. The molecule has 0 amide bonds. The van der Waals surface area contributed by atoms with E-state index in [2.05, 4.69) is 23.9 Å². The Balaban J connectivity index is 2.26. The van der Waals surface area contributed by atoms with E-state index >= 15 is 0 Å². The Morgan fingerprint density at radius 3 is 3.07 bits per heavy atom. The first kappa shape index (κ1) is 9.65. The summed E-state index contributed by atoms with van der Waals surface area (Å²) >= 11 is 0. The third-order valence-corrected chi connectivity index (χ3v) is 2.72. The fraction of sp³-hybridized carbons (Fsp3) is 0.800. The molecule has 1 aliphatic heterocycles. The predicted molar refractivity (Wildman–Crippen MR) is 55.0 cm³/mol. The summed E-state index contributed by atoms with van der Waals surface area (Å²) < 4.78 is 1.99. The molecule has 14 heavy (non-hydrogen) atoms. The lowest BCUT2D eigenvalue weighted by Crippen LogP contribution is -2.34. The van der Waals surface area contributed by atoms with Gasteiger partial charge in [-0.25, -0.2) is 9.67 Å². The van der Waals surface area contributed by atoms with Crippen LogP contribution in [0.1, 0.15) is 44.3 Å². The normalized spacial score (nSPS) is 26.2. The second-order valence-corrected chi connectivity index (χ2v) is 4.22. The Bertz CT molecular complexity index is 318. The maximum Gasteiger partial charge on any atom is 0.150 e. The molecule has 0 saturated heterocycles. The van der Waals surface area contributed by atoms with Gasteiger partial charge in [0, 0.05) is 18.4 Å². The lowest BCUT2D eigenvalue weighted by Gasteiger charge is -2.23. The Morgan fingerprint density at radius 2 is 2.36 bits per heavy atom. The smallest absolute Gasteiger partial charge is 0.150 e. The topological polar surface area (TPSA) is 56.7 Å². The van der Waals surface area contributed by atoms with Crippen molar-refractivity contribution in [2.24, 2.45) is 5.73 Å². The minimum atomic E-state index is 0.244. The molecular weight excluding hydrogens is 176 g/mol. The molecule has 78 valence electrons. The first-order valence-corrected chi connectivity index (χ1v) is 5.40. The second kappa shape index (κ2) is 3.69. The van der Waals surface area contributed by atoms with Crippen molar-refractivity contribution >= 4 is 0 Å². The van der Waals surface area contributed by atoms with Crippen molar-refractivity contribution in [1.29, 1.82) is 0 Å². The molecule has 0 bridgehead atoms. The van der Waals surface area contributed by atoms with Crippen LogP contribution in [-0.4, -0.2) is 20.8 Å². The standard InChI is InChI=1S/C10H18N4/c1-3-4-9-12-10-7(2)5-8(11)6-14(10)13-9/h7-8H,3-6,11H2,1-2H3. The van der Waals surface area contributed by atoms with Crippen LogP contribution in [-0.2, 0) is 13.0 Å². The predicted octanol–water partition coefficient (Wildman–Crippen LogP) is 1.07. The van der Waals surface area contributed by atoms with Crippen LogP contribution < -0.4 is 5.73 Å². The molecule has 4 heteroatoms. The van der Waals surface area contributed by atoms with Gasteiger partial charge in [0.2, 0.25) is 0 Å². The van der Waals surface area contributed by atoms with Crippen LogP contribution in [0.2, 0.25) is 0 Å². The molecule has 1 aliphatic rings. The SMILES string of the molecule is CCCc1nc2n(n1)CC(N)CC2C. The molecule has 2 unspecified atom stereocenters. The molecule has 0 aromatic carbocycles. The highest BCUT2D eigenvalue weighted by Gasteiger charge is 2.24. The fourth-order valence-electron chi connectivity index (χ4n) is 2.09. The van der Waals surface area contributed by atoms with E-state index < -0.39 is 0 Å². The molecular formula is C10H18N4. The van der Waals surface area contributed by atoms with E-state index in [1.54, 1.807) is 0 Å². The number of nitrogens with zero attached hydrogens (tertiary/aromatic N) is 3. The molecule has 0 radical (unpaired) electrons. The van der Waals surface area contributed by atoms with Crippen LogP contribution in [0.15, 0.2) is 0 Å². The van der Waals surface area contributed by atoms with Crippen LogP contribution in [0.3, 0.4) is 0 Å². The molecule has 2 rings (SSSR count). The molecule has 4 nitrogen and oxygen atoms in total. The maximum absolute atomic E-state index is 5.93. The zero-order chi connectivity index (χ0) is 10.1. The Hall–Kier alpha value is -0.900. The van der Waals surface area contributed by atoms with Crippen molar-refractivity contribution in [1.82, 2.24) is 14.8 Å². The fourth-order valence-corrected chi connectivity index (χ4v) is 2.09. The molecule has 0 fully saturated rings. The summed E-state index contributed by atoms with van der Waals surface area (Å²) in [5, 5.41) is 4.47. The van der Waals surface area contributed by atoms with E-state index in [0.29, 0.717) is 5.92 Å². The number of rotatable bonds is 2. The second-order valence-electron chi connectivity index (χ2n) is 4.22.